The third kappa shape index (κ3) is 3.91. The molecule has 2 aliphatic rings. The molecule has 11 nitrogen and oxygen atoms in total. The van der Waals surface area contributed by atoms with E-state index in [1.54, 1.807) is 29.9 Å². The predicted molar refractivity (Wildman–Crippen MR) is 113 cm³/mol. The number of hydrogen-bond acceptors (Lipinski definition) is 10. The van der Waals surface area contributed by atoms with Gasteiger partial charge in [-0.25, -0.2) is 4.68 Å². The van der Waals surface area contributed by atoms with Crippen molar-refractivity contribution in [1.29, 1.82) is 0 Å². The zero-order chi connectivity index (χ0) is 22.8. The van der Waals surface area contributed by atoms with Crippen LogP contribution in [-0.2, 0) is 25.6 Å². The van der Waals surface area contributed by atoms with Crippen LogP contribution < -0.4 is 9.47 Å². The van der Waals surface area contributed by atoms with Gasteiger partial charge in [0.05, 0.1) is 20.8 Å². The van der Waals surface area contributed by atoms with Crippen LogP contribution in [0.1, 0.15) is 24.4 Å². The molecule has 0 N–H and O–H groups in total. The van der Waals surface area contributed by atoms with Crippen LogP contribution in [0, 0.1) is 0 Å². The lowest BCUT2D eigenvalue weighted by Crippen LogP contribution is -2.66. The molecule has 0 bridgehead atoms. The largest absolute Gasteiger partial charge is 0.497 e. The maximum atomic E-state index is 12.8. The van der Waals surface area contributed by atoms with Crippen LogP contribution in [0.4, 0.5) is 0 Å². The van der Waals surface area contributed by atoms with Gasteiger partial charge in [0, 0.05) is 31.2 Å². The summed E-state index contributed by atoms with van der Waals surface area (Å²) in [6.45, 7) is 1.67. The Hall–Kier alpha value is -3.12. The van der Waals surface area contributed by atoms with Crippen molar-refractivity contribution in [3.05, 3.63) is 40.6 Å². The van der Waals surface area contributed by atoms with Gasteiger partial charge in [0.1, 0.15) is 29.5 Å². The van der Waals surface area contributed by atoms with E-state index in [9.17, 15) is 9.59 Å². The second-order valence-electron chi connectivity index (χ2n) is 7.18. The van der Waals surface area contributed by atoms with Crippen LogP contribution in [0.25, 0.3) is 0 Å². The number of ether oxygens (including phenoxy) is 4. The predicted octanol–water partition coefficient (Wildman–Crippen LogP) is 1.16. The van der Waals surface area contributed by atoms with Gasteiger partial charge in [0.2, 0.25) is 0 Å². The van der Waals surface area contributed by atoms with Gasteiger partial charge in [-0.2, -0.15) is 0 Å². The van der Waals surface area contributed by atoms with E-state index >= 15 is 0 Å². The van der Waals surface area contributed by atoms with Gasteiger partial charge in [-0.1, -0.05) is 0 Å². The maximum Gasteiger partial charge on any atom is 0.302 e. The van der Waals surface area contributed by atoms with Gasteiger partial charge in [-0.3, -0.25) is 9.59 Å². The van der Waals surface area contributed by atoms with Gasteiger partial charge in [-0.05, 0) is 28.0 Å². The van der Waals surface area contributed by atoms with E-state index in [-0.39, 0.29) is 17.9 Å². The zero-order valence-electron chi connectivity index (χ0n) is 18.0. The summed E-state index contributed by atoms with van der Waals surface area (Å²) in [6, 6.07) is 4.89. The third-order valence-electron chi connectivity index (χ3n) is 5.33. The summed E-state index contributed by atoms with van der Waals surface area (Å²) >= 11 is 1.45. The van der Waals surface area contributed by atoms with Crippen molar-refractivity contribution in [2.75, 3.05) is 27.9 Å². The molecule has 4 rings (SSSR count). The molecule has 0 radical (unpaired) electrons. The van der Waals surface area contributed by atoms with E-state index in [1.807, 2.05) is 17.5 Å². The summed E-state index contributed by atoms with van der Waals surface area (Å²) < 4.78 is 22.9. The Bertz CT molecular complexity index is 1060. The standard InChI is InChI=1S/C20H23N5O6S/c1-11(26)31-9-13-10-32-20-17(30-4)19(27)25(20)16(13)18-21-22-23-24(18)8-12-5-6-14(28-2)7-15(12)29-3/h5-7,10,16-17,20H,8-9H2,1-4H3/t16?,17-,20-/m0/s1. The second-order valence-corrected chi connectivity index (χ2v) is 8.17. The molecule has 2 aromatic rings. The molecule has 0 spiro atoms. The highest BCUT2D eigenvalue weighted by Gasteiger charge is 2.55. The van der Waals surface area contributed by atoms with Gasteiger partial charge in [0.25, 0.3) is 5.91 Å². The number of benzene rings is 1. The maximum absolute atomic E-state index is 12.8. The first kappa shape index (κ1) is 22.1. The number of rotatable bonds is 8. The van der Waals surface area contributed by atoms with Crippen molar-refractivity contribution in [2.24, 2.45) is 0 Å². The van der Waals surface area contributed by atoms with Crippen molar-refractivity contribution in [2.45, 2.75) is 31.0 Å². The normalized spacial score (nSPS) is 22.0. The first-order valence-electron chi connectivity index (χ1n) is 9.78. The monoisotopic (exact) mass is 461 g/mol. The first-order chi connectivity index (χ1) is 15.5. The quantitative estimate of drug-likeness (QED) is 0.418. The Morgan fingerprint density at radius 3 is 2.72 bits per heavy atom. The van der Waals surface area contributed by atoms with Crippen LogP contribution in [0.3, 0.4) is 0 Å². The number of β-lactam (4-membered cyclic amide) rings is 1. The molecule has 2 aliphatic heterocycles. The van der Waals surface area contributed by atoms with Crippen molar-refractivity contribution >= 4 is 23.6 Å². The molecule has 32 heavy (non-hydrogen) atoms. The fourth-order valence-electron chi connectivity index (χ4n) is 3.74. The summed E-state index contributed by atoms with van der Waals surface area (Å²) in [4.78, 5) is 25.9. The van der Waals surface area contributed by atoms with Crippen LogP contribution in [0.5, 0.6) is 11.5 Å². The number of amides is 1. The number of hydrogen-bond donors (Lipinski definition) is 0. The lowest BCUT2D eigenvalue weighted by Gasteiger charge is -2.51. The molecular weight excluding hydrogens is 438 g/mol. The fourth-order valence-corrected chi connectivity index (χ4v) is 4.98. The van der Waals surface area contributed by atoms with Gasteiger partial charge in [0.15, 0.2) is 11.9 Å². The van der Waals surface area contributed by atoms with Crippen molar-refractivity contribution < 1.29 is 28.5 Å². The van der Waals surface area contributed by atoms with E-state index < -0.39 is 18.1 Å². The molecular formula is C20H23N5O6S. The fraction of sp³-hybridized carbons (Fsp3) is 0.450. The zero-order valence-corrected chi connectivity index (χ0v) is 18.9. The Morgan fingerprint density at radius 1 is 1.22 bits per heavy atom. The van der Waals surface area contributed by atoms with E-state index in [2.05, 4.69) is 15.5 Å². The summed E-state index contributed by atoms with van der Waals surface area (Å²) in [5.74, 6) is 1.16. The summed E-state index contributed by atoms with van der Waals surface area (Å²) in [5, 5.41) is 13.9. The molecule has 0 aliphatic carbocycles. The average Bonchev–Trinajstić information content (AvgIpc) is 3.25. The van der Waals surface area contributed by atoms with Gasteiger partial charge in [-0.15, -0.1) is 16.9 Å². The molecule has 3 heterocycles. The number of thioether (sulfide) groups is 1. The van der Waals surface area contributed by atoms with Gasteiger partial charge < -0.3 is 23.8 Å². The number of carbonyl (C=O) groups is 2. The third-order valence-corrected chi connectivity index (χ3v) is 6.53. The molecule has 1 saturated heterocycles. The highest BCUT2D eigenvalue weighted by Crippen LogP contribution is 2.47. The lowest BCUT2D eigenvalue weighted by molar-refractivity contribution is -0.166. The molecule has 0 saturated carbocycles. The molecule has 1 aromatic heterocycles. The van der Waals surface area contributed by atoms with Crippen LogP contribution in [0.15, 0.2) is 29.2 Å². The van der Waals surface area contributed by atoms with E-state index in [1.165, 1.54) is 25.8 Å². The molecule has 1 amide bonds. The molecule has 12 heteroatoms. The number of carbonyl (C=O) groups excluding carboxylic acids is 2. The topological polar surface area (TPSA) is 118 Å². The Balaban J connectivity index is 1.68. The highest BCUT2D eigenvalue weighted by molar-refractivity contribution is 8.02. The highest BCUT2D eigenvalue weighted by atomic mass is 32.2. The number of aromatic nitrogens is 4. The van der Waals surface area contributed by atoms with Crippen LogP contribution >= 0.6 is 11.8 Å². The molecule has 3 atom stereocenters. The minimum atomic E-state index is -0.584. The molecule has 1 fully saturated rings. The average molecular weight is 462 g/mol. The Kier molecular flexibility index (Phi) is 6.33. The number of esters is 1. The Labute approximate surface area is 188 Å². The SMILES string of the molecule is COc1ccc(Cn2nnnc2C2C(COC(C)=O)=CS[C@H]3[C@@H](OC)C(=O)N23)c(OC)c1. The van der Waals surface area contributed by atoms with Crippen molar-refractivity contribution in [3.63, 3.8) is 0 Å². The minimum absolute atomic E-state index is 0.0276. The van der Waals surface area contributed by atoms with Crippen LogP contribution in [-0.4, -0.2) is 76.4 Å². The van der Waals surface area contributed by atoms with Crippen molar-refractivity contribution in [1.82, 2.24) is 25.1 Å². The van der Waals surface area contributed by atoms with Gasteiger partial charge >= 0.3 is 5.97 Å². The lowest BCUT2D eigenvalue weighted by atomic mass is 9.99. The summed E-state index contributed by atoms with van der Waals surface area (Å²) in [6.07, 6.45) is -0.542. The van der Waals surface area contributed by atoms with E-state index in [0.29, 0.717) is 29.4 Å². The van der Waals surface area contributed by atoms with Crippen LogP contribution in [0.2, 0.25) is 0 Å². The van der Waals surface area contributed by atoms with E-state index in [0.717, 1.165) is 5.56 Å². The van der Waals surface area contributed by atoms with E-state index in [4.69, 9.17) is 18.9 Å². The minimum Gasteiger partial charge on any atom is -0.497 e. The second kappa shape index (κ2) is 9.17. The number of fused-ring (bicyclic) bond motifs is 1. The molecule has 1 unspecified atom stereocenters. The smallest absolute Gasteiger partial charge is 0.302 e. The molecule has 1 aromatic carbocycles. The number of methoxy groups -OCH3 is 3. The first-order valence-corrected chi connectivity index (χ1v) is 10.7. The Morgan fingerprint density at radius 2 is 2.03 bits per heavy atom. The molecule has 170 valence electrons. The summed E-state index contributed by atoms with van der Waals surface area (Å²) in [5.41, 5.74) is 1.54. The summed E-state index contributed by atoms with van der Waals surface area (Å²) in [7, 11) is 4.67. The number of nitrogens with zero attached hydrogens (tertiary/aromatic N) is 5. The number of tetrazole rings is 1. The van der Waals surface area contributed by atoms with Crippen molar-refractivity contribution in [3.8, 4) is 11.5 Å².